The summed E-state index contributed by atoms with van der Waals surface area (Å²) in [5.41, 5.74) is 9.80. The highest BCUT2D eigenvalue weighted by atomic mass is 16.7. The number of rotatable bonds is 1. The van der Waals surface area contributed by atoms with Crippen molar-refractivity contribution in [3.8, 4) is 22.6 Å². The summed E-state index contributed by atoms with van der Waals surface area (Å²) in [5, 5.41) is 2.72. The van der Waals surface area contributed by atoms with Crippen LogP contribution in [0.2, 0.25) is 0 Å². The highest BCUT2D eigenvalue weighted by Gasteiger charge is 2.23. The van der Waals surface area contributed by atoms with Crippen molar-refractivity contribution in [1.29, 1.82) is 0 Å². The number of hydrogen-bond donors (Lipinski definition) is 0. The molecule has 1 heterocycles. The molecule has 3 aromatic carbocycles. The van der Waals surface area contributed by atoms with Gasteiger partial charge in [-0.3, -0.25) is 0 Å². The maximum absolute atomic E-state index is 5.65. The van der Waals surface area contributed by atoms with Gasteiger partial charge in [0, 0.05) is 0 Å². The number of hydrogen-bond acceptors (Lipinski definition) is 2. The van der Waals surface area contributed by atoms with E-state index in [-0.39, 0.29) is 0 Å². The van der Waals surface area contributed by atoms with Gasteiger partial charge in [0.25, 0.3) is 0 Å². The van der Waals surface area contributed by atoms with Crippen molar-refractivity contribution < 1.29 is 9.47 Å². The fourth-order valence-electron chi connectivity index (χ4n) is 5.02. The molecular formula is C26H22O2. The molecule has 0 radical (unpaired) electrons. The van der Waals surface area contributed by atoms with E-state index in [9.17, 15) is 0 Å². The number of ether oxygens (including phenoxy) is 2. The van der Waals surface area contributed by atoms with E-state index in [2.05, 4.69) is 55.5 Å². The Labute approximate surface area is 165 Å². The molecule has 3 aliphatic rings. The van der Waals surface area contributed by atoms with Gasteiger partial charge in [-0.15, -0.1) is 0 Å². The highest BCUT2D eigenvalue weighted by Crippen LogP contribution is 2.44. The summed E-state index contributed by atoms with van der Waals surface area (Å²) in [7, 11) is 0. The monoisotopic (exact) mass is 366 g/mol. The average molecular weight is 366 g/mol. The molecule has 2 heteroatoms. The zero-order valence-electron chi connectivity index (χ0n) is 16.0. The summed E-state index contributed by atoms with van der Waals surface area (Å²) >= 11 is 0. The summed E-state index contributed by atoms with van der Waals surface area (Å²) in [5.74, 6) is 1.68. The molecule has 28 heavy (non-hydrogen) atoms. The van der Waals surface area contributed by atoms with Crippen molar-refractivity contribution in [3.63, 3.8) is 0 Å². The van der Waals surface area contributed by atoms with E-state index in [1.807, 2.05) is 6.07 Å². The van der Waals surface area contributed by atoms with E-state index in [1.54, 1.807) is 5.57 Å². The molecule has 0 atom stereocenters. The second kappa shape index (κ2) is 6.00. The first-order valence-corrected chi connectivity index (χ1v) is 10.1. The summed E-state index contributed by atoms with van der Waals surface area (Å²) in [4.78, 5) is 0. The lowest BCUT2D eigenvalue weighted by atomic mass is 9.78. The lowest BCUT2D eigenvalue weighted by Gasteiger charge is -2.26. The molecule has 1 aliphatic heterocycles. The maximum atomic E-state index is 5.65. The summed E-state index contributed by atoms with van der Waals surface area (Å²) in [6.45, 7) is 2.49. The van der Waals surface area contributed by atoms with Gasteiger partial charge in [0.2, 0.25) is 6.79 Å². The van der Waals surface area contributed by atoms with Crippen LogP contribution in [-0.2, 0) is 6.42 Å². The molecule has 138 valence electrons. The average Bonchev–Trinajstić information content (AvgIpc) is 3.20. The number of benzene rings is 3. The first-order valence-electron chi connectivity index (χ1n) is 10.1. The molecule has 0 N–H and O–H groups in total. The van der Waals surface area contributed by atoms with Gasteiger partial charge in [-0.2, -0.15) is 0 Å². The quantitative estimate of drug-likeness (QED) is 0.483. The number of aryl methyl sites for hydroxylation is 2. The van der Waals surface area contributed by atoms with Gasteiger partial charge < -0.3 is 9.47 Å². The zero-order valence-corrected chi connectivity index (χ0v) is 16.0. The SMILES string of the molecule is Cc1cc(-c2ccc3c(c2)OCO3)c2c3c(ccc2c1)C1=C(CCC=C1)CC3. The molecular weight excluding hydrogens is 344 g/mol. The second-order valence-electron chi connectivity index (χ2n) is 8.03. The Bertz CT molecular complexity index is 1200. The molecule has 6 rings (SSSR count). The molecule has 3 aromatic rings. The fourth-order valence-corrected chi connectivity index (χ4v) is 5.02. The van der Waals surface area contributed by atoms with Crippen LogP contribution in [0.1, 0.15) is 36.0 Å². The van der Waals surface area contributed by atoms with E-state index in [0.717, 1.165) is 17.9 Å². The van der Waals surface area contributed by atoms with E-state index in [4.69, 9.17) is 9.47 Å². The first kappa shape index (κ1) is 16.0. The fraction of sp³-hybridized carbons (Fsp3) is 0.231. The topological polar surface area (TPSA) is 18.5 Å². The molecule has 2 aliphatic carbocycles. The smallest absolute Gasteiger partial charge is 0.231 e. The molecule has 0 bridgehead atoms. The zero-order chi connectivity index (χ0) is 18.7. The minimum atomic E-state index is 0.312. The Morgan fingerprint density at radius 2 is 1.75 bits per heavy atom. The Morgan fingerprint density at radius 3 is 2.71 bits per heavy atom. The molecule has 0 aromatic heterocycles. The van der Waals surface area contributed by atoms with Gasteiger partial charge in [0.1, 0.15) is 0 Å². The van der Waals surface area contributed by atoms with Crippen LogP contribution in [0.25, 0.3) is 27.5 Å². The minimum Gasteiger partial charge on any atom is -0.454 e. The Morgan fingerprint density at radius 1 is 0.821 bits per heavy atom. The van der Waals surface area contributed by atoms with Crippen molar-refractivity contribution >= 4 is 16.3 Å². The van der Waals surface area contributed by atoms with E-state index in [1.165, 1.54) is 63.4 Å². The summed E-state index contributed by atoms with van der Waals surface area (Å²) < 4.78 is 11.2. The van der Waals surface area contributed by atoms with Gasteiger partial charge in [-0.05, 0) is 88.9 Å². The maximum Gasteiger partial charge on any atom is 0.231 e. The van der Waals surface area contributed by atoms with Crippen molar-refractivity contribution in [1.82, 2.24) is 0 Å². The van der Waals surface area contributed by atoms with Crippen LogP contribution in [0.3, 0.4) is 0 Å². The largest absolute Gasteiger partial charge is 0.454 e. The van der Waals surface area contributed by atoms with Crippen LogP contribution < -0.4 is 9.47 Å². The summed E-state index contributed by atoms with van der Waals surface area (Å²) in [6.07, 6.45) is 9.37. The second-order valence-corrected chi connectivity index (χ2v) is 8.03. The molecule has 0 unspecified atom stereocenters. The molecule has 0 amide bonds. The Kier molecular flexibility index (Phi) is 3.43. The third-order valence-corrected chi connectivity index (χ3v) is 6.30. The van der Waals surface area contributed by atoms with Crippen molar-refractivity contribution in [3.05, 3.63) is 76.9 Å². The lowest BCUT2D eigenvalue weighted by molar-refractivity contribution is 0.174. The van der Waals surface area contributed by atoms with Gasteiger partial charge >= 0.3 is 0 Å². The third kappa shape index (κ3) is 2.34. The van der Waals surface area contributed by atoms with E-state index < -0.39 is 0 Å². The van der Waals surface area contributed by atoms with Gasteiger partial charge in [0.15, 0.2) is 11.5 Å². The molecule has 2 nitrogen and oxygen atoms in total. The summed E-state index contributed by atoms with van der Waals surface area (Å²) in [6, 6.07) is 15.6. The van der Waals surface area contributed by atoms with Crippen LogP contribution in [0, 0.1) is 6.92 Å². The normalized spacial score (nSPS) is 17.0. The van der Waals surface area contributed by atoms with Crippen molar-refractivity contribution in [2.75, 3.05) is 6.79 Å². The van der Waals surface area contributed by atoms with Crippen molar-refractivity contribution in [2.24, 2.45) is 0 Å². The first-order chi connectivity index (χ1) is 13.8. The van der Waals surface area contributed by atoms with Gasteiger partial charge in [-0.1, -0.05) is 48.1 Å². The van der Waals surface area contributed by atoms with E-state index >= 15 is 0 Å². The third-order valence-electron chi connectivity index (χ3n) is 6.30. The lowest BCUT2D eigenvalue weighted by Crippen LogP contribution is -2.07. The Balaban J connectivity index is 1.64. The molecule has 0 saturated heterocycles. The highest BCUT2D eigenvalue weighted by molar-refractivity contribution is 6.03. The standard InChI is InChI=1S/C26H22O2/c1-16-12-19-7-9-21-20-5-3-2-4-17(20)6-10-22(21)26(19)23(13-16)18-8-11-24-25(14-18)28-15-27-24/h3,5,7-9,11-14H,2,4,6,10,15H2,1H3. The van der Waals surface area contributed by atoms with E-state index in [0.29, 0.717) is 6.79 Å². The van der Waals surface area contributed by atoms with Crippen LogP contribution in [0.15, 0.2) is 60.2 Å². The van der Waals surface area contributed by atoms with Crippen LogP contribution in [-0.4, -0.2) is 6.79 Å². The number of fused-ring (bicyclic) bond motifs is 5. The van der Waals surface area contributed by atoms with Crippen molar-refractivity contribution in [2.45, 2.75) is 32.6 Å². The predicted molar refractivity (Wildman–Crippen MR) is 114 cm³/mol. The Hall–Kier alpha value is -3.00. The number of allylic oxidation sites excluding steroid dienone is 4. The molecule has 0 spiro atoms. The predicted octanol–water partition coefficient (Wildman–Crippen LogP) is 6.59. The van der Waals surface area contributed by atoms with Crippen LogP contribution in [0.4, 0.5) is 0 Å². The minimum absolute atomic E-state index is 0.312. The molecule has 0 fully saturated rings. The van der Waals surface area contributed by atoms with Gasteiger partial charge in [0.05, 0.1) is 0 Å². The molecule has 0 saturated carbocycles. The van der Waals surface area contributed by atoms with Crippen LogP contribution in [0.5, 0.6) is 11.5 Å². The van der Waals surface area contributed by atoms with Gasteiger partial charge in [-0.25, -0.2) is 0 Å². The van der Waals surface area contributed by atoms with Crippen LogP contribution >= 0.6 is 0 Å².